The summed E-state index contributed by atoms with van der Waals surface area (Å²) in [5, 5.41) is 0.649. The first kappa shape index (κ1) is 39.3. The third-order valence-corrected chi connectivity index (χ3v) is 24.7. The Balaban J connectivity index is 1.14. The molecule has 0 heterocycles. The minimum atomic E-state index is -0.234. The Bertz CT molecular complexity index is 1590. The van der Waals surface area contributed by atoms with Gasteiger partial charge in [-0.2, -0.15) is 0 Å². The van der Waals surface area contributed by atoms with Crippen LogP contribution < -0.4 is 0 Å². The number of rotatable bonds is 12. The molecule has 8 fully saturated rings. The van der Waals surface area contributed by atoms with E-state index in [0.29, 0.717) is 28.1 Å². The first-order valence-corrected chi connectivity index (χ1v) is 26.5. The van der Waals surface area contributed by atoms with Crippen molar-refractivity contribution < 1.29 is 0 Å². The van der Waals surface area contributed by atoms with Gasteiger partial charge in [0.25, 0.3) is 0 Å². The molecule has 11 rings (SSSR count). The van der Waals surface area contributed by atoms with Crippen molar-refractivity contribution in [2.24, 2.45) is 53.3 Å². The summed E-state index contributed by atoms with van der Waals surface area (Å²) in [5.41, 5.74) is 10.8. The topological polar surface area (TPSA) is 0 Å². The lowest BCUT2D eigenvalue weighted by Crippen LogP contribution is -2.53. The van der Waals surface area contributed by atoms with Gasteiger partial charge in [-0.15, -0.1) is 0 Å². The monoisotopic (exact) mass is 775 g/mol. The van der Waals surface area contributed by atoms with Crippen LogP contribution in [0.1, 0.15) is 155 Å². The number of benzene rings is 2. The molecule has 0 nitrogen and oxygen atoms in total. The maximum absolute atomic E-state index is 2.99. The predicted molar refractivity (Wildman–Crippen MR) is 242 cm³/mol. The highest BCUT2D eigenvalue weighted by molar-refractivity contribution is 7.61. The predicted octanol–water partition coefficient (Wildman–Crippen LogP) is 15.4. The van der Waals surface area contributed by atoms with Gasteiger partial charge in [0.1, 0.15) is 0 Å². The van der Waals surface area contributed by atoms with E-state index in [1.165, 1.54) is 36.3 Å². The van der Waals surface area contributed by atoms with Gasteiger partial charge in [0, 0.05) is 0 Å². The molecular weight excluding hydrogens is 699 g/mol. The molecule has 2 aromatic carbocycles. The highest BCUT2D eigenvalue weighted by atomic mass is 31.1. The minimum Gasteiger partial charge on any atom is -0.0947 e. The van der Waals surface area contributed by atoms with E-state index in [4.69, 9.17) is 0 Å². The van der Waals surface area contributed by atoms with Crippen LogP contribution in [0.3, 0.4) is 0 Å². The lowest BCUT2D eigenvalue weighted by atomic mass is 9.55. The van der Waals surface area contributed by atoms with Gasteiger partial charge < -0.3 is 0 Å². The van der Waals surface area contributed by atoms with Crippen molar-refractivity contribution in [1.82, 2.24) is 0 Å². The number of hydrogen-bond donors (Lipinski definition) is 0. The molecule has 3 atom stereocenters. The minimum absolute atomic E-state index is 0.0410. The van der Waals surface area contributed by atoms with Crippen molar-refractivity contribution in [3.05, 3.63) is 94.6 Å². The van der Waals surface area contributed by atoms with Crippen LogP contribution in [0.4, 0.5) is 0 Å². The van der Waals surface area contributed by atoms with Crippen LogP contribution in [0.15, 0.2) is 83.5 Å². The lowest BCUT2D eigenvalue weighted by Gasteiger charge is -2.62. The summed E-state index contributed by atoms with van der Waals surface area (Å²) in [6.07, 6.45) is 24.2. The van der Waals surface area contributed by atoms with E-state index in [2.05, 4.69) is 122 Å². The fourth-order valence-corrected chi connectivity index (χ4v) is 23.7. The SMILES string of the molecule is CC(CC1=C(CP(C(C)(C)C)C(C)(C)C)C(CP(C2C3CC4CC(C3)CC2C4)C2C3CC4CC(C3)CC2C4)=CC1CC(C)c1ccccc1)c1ccccc1. The molecule has 0 spiro atoms. The van der Waals surface area contributed by atoms with Crippen molar-refractivity contribution in [1.29, 1.82) is 0 Å². The van der Waals surface area contributed by atoms with Gasteiger partial charge in [0.15, 0.2) is 0 Å². The summed E-state index contributed by atoms with van der Waals surface area (Å²) >= 11 is 0. The summed E-state index contributed by atoms with van der Waals surface area (Å²) in [5.74, 6) is 10.2. The first-order valence-electron chi connectivity index (χ1n) is 23.3. The number of hydrogen-bond acceptors (Lipinski definition) is 0. The Kier molecular flexibility index (Phi) is 11.0. The molecule has 8 saturated carbocycles. The van der Waals surface area contributed by atoms with Gasteiger partial charge in [-0.25, -0.2) is 0 Å². The fourth-order valence-electron chi connectivity index (χ4n) is 15.4. The molecule has 2 heteroatoms. The second-order valence-electron chi connectivity index (χ2n) is 22.8. The van der Waals surface area contributed by atoms with E-state index in [-0.39, 0.29) is 15.8 Å². The standard InChI is InChI=1S/C53H76P2/c1-34(40-15-11-9-12-16-40)19-42-31-47(49(33-55(52(3,4)5)53(6,7)8)48(42)20-35(2)41-17-13-10-14-18-41)32-54(50-43-23-36-21-37(25-43)26-44(50)24-36)51-45-27-38-22-39(29-45)30-46(51)28-38/h9-18,31,34-39,42-46,50-51H,19-30,32-33H2,1-8H3. The van der Waals surface area contributed by atoms with Gasteiger partial charge >= 0.3 is 0 Å². The third kappa shape index (κ3) is 7.96. The van der Waals surface area contributed by atoms with Crippen LogP contribution in [0.25, 0.3) is 0 Å². The van der Waals surface area contributed by atoms with Gasteiger partial charge in [-0.05, 0) is 198 Å². The van der Waals surface area contributed by atoms with Crippen LogP contribution in [0.5, 0.6) is 0 Å². The van der Waals surface area contributed by atoms with Gasteiger partial charge in [0.05, 0.1) is 0 Å². The molecule has 298 valence electrons. The maximum atomic E-state index is 2.99. The van der Waals surface area contributed by atoms with Gasteiger partial charge in [-0.1, -0.05) is 144 Å². The van der Waals surface area contributed by atoms with Crippen LogP contribution in [-0.4, -0.2) is 34.0 Å². The van der Waals surface area contributed by atoms with Gasteiger partial charge in [0.2, 0.25) is 0 Å². The average Bonchev–Trinajstić information content (AvgIpc) is 3.43. The van der Waals surface area contributed by atoms with Gasteiger partial charge in [-0.3, -0.25) is 0 Å². The normalized spacial score (nSPS) is 36.8. The van der Waals surface area contributed by atoms with E-state index in [1.54, 1.807) is 64.2 Å². The second-order valence-corrected chi connectivity index (χ2v) is 29.2. The smallest absolute Gasteiger partial charge is 0.000524 e. The zero-order valence-electron chi connectivity index (χ0n) is 36.2. The molecule has 3 unspecified atom stereocenters. The Morgan fingerprint density at radius 2 is 0.964 bits per heavy atom. The Morgan fingerprint density at radius 1 is 0.545 bits per heavy atom. The van der Waals surface area contributed by atoms with E-state index < -0.39 is 0 Å². The highest BCUT2D eigenvalue weighted by Gasteiger charge is 2.57. The molecule has 0 aliphatic heterocycles. The zero-order chi connectivity index (χ0) is 38.2. The molecule has 0 N–H and O–H groups in total. The molecule has 9 aliphatic rings. The summed E-state index contributed by atoms with van der Waals surface area (Å²) < 4.78 is 0. The van der Waals surface area contributed by atoms with Crippen molar-refractivity contribution in [2.45, 2.75) is 166 Å². The van der Waals surface area contributed by atoms with Crippen LogP contribution >= 0.6 is 15.8 Å². The summed E-state index contributed by atoms with van der Waals surface area (Å²) in [6.45, 7) is 20.6. The van der Waals surface area contributed by atoms with Crippen molar-refractivity contribution in [2.75, 3.05) is 12.3 Å². The summed E-state index contributed by atoms with van der Waals surface area (Å²) in [4.78, 5) is 0. The van der Waals surface area contributed by atoms with Crippen molar-refractivity contribution in [3.8, 4) is 0 Å². The molecule has 0 radical (unpaired) electrons. The zero-order valence-corrected chi connectivity index (χ0v) is 37.9. The van der Waals surface area contributed by atoms with E-state index >= 15 is 0 Å². The lowest BCUT2D eigenvalue weighted by molar-refractivity contribution is 0.0131. The maximum Gasteiger partial charge on any atom is -0.000524 e. The third-order valence-electron chi connectivity index (χ3n) is 16.9. The fraction of sp³-hybridized carbons (Fsp3) is 0.698. The molecule has 55 heavy (non-hydrogen) atoms. The molecule has 8 bridgehead atoms. The van der Waals surface area contributed by atoms with Crippen LogP contribution in [-0.2, 0) is 0 Å². The summed E-state index contributed by atoms with van der Waals surface area (Å²) in [6, 6.07) is 23.1. The summed E-state index contributed by atoms with van der Waals surface area (Å²) in [7, 11) is -0.275. The Labute approximate surface area is 340 Å². The Morgan fingerprint density at radius 3 is 1.38 bits per heavy atom. The molecule has 9 aliphatic carbocycles. The van der Waals surface area contributed by atoms with E-state index in [1.807, 2.05) is 16.7 Å². The van der Waals surface area contributed by atoms with E-state index in [9.17, 15) is 0 Å². The largest absolute Gasteiger partial charge is 0.0947 e. The quantitative estimate of drug-likeness (QED) is 0.188. The highest BCUT2D eigenvalue weighted by Crippen LogP contribution is 2.72. The molecule has 2 aromatic rings. The first-order chi connectivity index (χ1) is 26.3. The van der Waals surface area contributed by atoms with Crippen LogP contribution in [0, 0.1) is 53.3 Å². The molecule has 0 saturated heterocycles. The average molecular weight is 775 g/mol. The number of allylic oxidation sites excluding steroid dienone is 4. The van der Waals surface area contributed by atoms with Crippen molar-refractivity contribution >= 4 is 15.8 Å². The van der Waals surface area contributed by atoms with E-state index in [0.717, 1.165) is 58.7 Å². The molecule has 0 aromatic heterocycles. The second kappa shape index (κ2) is 15.4. The van der Waals surface area contributed by atoms with Crippen LogP contribution in [0.2, 0.25) is 0 Å². The molecular formula is C53H76P2. The Hall–Kier alpha value is -1.22. The molecule has 0 amide bonds. The van der Waals surface area contributed by atoms with Crippen molar-refractivity contribution in [3.63, 3.8) is 0 Å².